The van der Waals surface area contributed by atoms with Crippen LogP contribution >= 0.6 is 0 Å². The van der Waals surface area contributed by atoms with Crippen LogP contribution in [0, 0.1) is 28.6 Å². The molecule has 0 saturated heterocycles. The molecule has 1 aromatic carbocycles. The molecule has 0 bridgehead atoms. The van der Waals surface area contributed by atoms with Crippen LogP contribution in [0.4, 0.5) is 0 Å². The lowest BCUT2D eigenvalue weighted by atomic mass is 10.0. The van der Waals surface area contributed by atoms with Crippen molar-refractivity contribution in [3.05, 3.63) is 35.4 Å². The predicted octanol–water partition coefficient (Wildman–Crippen LogP) is 2.79. The number of carbonyl (C=O) groups is 2. The van der Waals surface area contributed by atoms with Crippen LogP contribution in [0.1, 0.15) is 36.7 Å². The zero-order chi connectivity index (χ0) is 16.7. The zero-order valence-electron chi connectivity index (χ0n) is 13.1. The van der Waals surface area contributed by atoms with Gasteiger partial charge in [0.15, 0.2) is 12.4 Å². The molecule has 0 unspecified atom stereocenters. The second-order valence-corrected chi connectivity index (χ2v) is 5.58. The molecule has 0 radical (unpaired) electrons. The van der Waals surface area contributed by atoms with Crippen molar-refractivity contribution in [3.63, 3.8) is 0 Å². The lowest BCUT2D eigenvalue weighted by molar-refractivity contribution is -0.122. The Morgan fingerprint density at radius 3 is 2.32 bits per heavy atom. The van der Waals surface area contributed by atoms with Gasteiger partial charge in [-0.3, -0.25) is 4.79 Å². The second kappa shape index (κ2) is 8.08. The lowest BCUT2D eigenvalue weighted by Crippen LogP contribution is -2.25. The quantitative estimate of drug-likeness (QED) is 0.619. The summed E-state index contributed by atoms with van der Waals surface area (Å²) in [6, 6.07) is 8.77. The highest BCUT2D eigenvalue weighted by molar-refractivity contribution is 6.06. The van der Waals surface area contributed by atoms with Gasteiger partial charge >= 0.3 is 5.97 Å². The third-order valence-electron chi connectivity index (χ3n) is 3.06. The van der Waals surface area contributed by atoms with Crippen LogP contribution in [-0.2, 0) is 16.0 Å². The van der Waals surface area contributed by atoms with Crippen LogP contribution in [0.25, 0.3) is 0 Å². The molecule has 0 aliphatic heterocycles. The molecule has 116 valence electrons. The van der Waals surface area contributed by atoms with Crippen molar-refractivity contribution >= 4 is 17.5 Å². The minimum absolute atomic E-state index is 0.0541. The highest BCUT2D eigenvalue weighted by Crippen LogP contribution is 2.11. The van der Waals surface area contributed by atoms with Crippen LogP contribution in [0.5, 0.6) is 0 Å². The van der Waals surface area contributed by atoms with Gasteiger partial charge in [-0.2, -0.15) is 5.26 Å². The van der Waals surface area contributed by atoms with Gasteiger partial charge in [0.25, 0.3) is 0 Å². The Morgan fingerprint density at radius 1 is 1.27 bits per heavy atom. The fourth-order valence-electron chi connectivity index (χ4n) is 1.96. The molecule has 22 heavy (non-hydrogen) atoms. The van der Waals surface area contributed by atoms with E-state index < -0.39 is 24.3 Å². The molecule has 0 saturated carbocycles. The van der Waals surface area contributed by atoms with Crippen LogP contribution in [0.15, 0.2) is 24.3 Å². The summed E-state index contributed by atoms with van der Waals surface area (Å²) in [7, 11) is 0. The van der Waals surface area contributed by atoms with E-state index in [-0.39, 0.29) is 5.71 Å². The van der Waals surface area contributed by atoms with Gasteiger partial charge in [0, 0.05) is 5.71 Å². The maximum absolute atomic E-state index is 11.9. The third kappa shape index (κ3) is 5.13. The Balaban J connectivity index is 2.61. The highest BCUT2D eigenvalue weighted by atomic mass is 16.5. The lowest BCUT2D eigenvalue weighted by Gasteiger charge is -2.08. The largest absolute Gasteiger partial charge is 0.454 e. The average molecular weight is 300 g/mol. The van der Waals surface area contributed by atoms with E-state index >= 15 is 0 Å². The Labute approximate surface area is 130 Å². The number of nitrogens with zero attached hydrogens (tertiary/aromatic N) is 1. The SMILES string of the molecule is CC(=N)[C@H](C#N)C(=O)COC(=O)c1ccc(CC(C)C)cc1. The van der Waals surface area contributed by atoms with Crippen molar-refractivity contribution in [3.8, 4) is 6.07 Å². The van der Waals surface area contributed by atoms with Crippen molar-refractivity contribution in [2.75, 3.05) is 6.61 Å². The number of ketones is 1. The van der Waals surface area contributed by atoms with Crippen LogP contribution in [0.2, 0.25) is 0 Å². The van der Waals surface area contributed by atoms with E-state index in [1.165, 1.54) is 6.92 Å². The molecule has 1 atom stereocenters. The molecular weight excluding hydrogens is 280 g/mol. The van der Waals surface area contributed by atoms with Gasteiger partial charge in [-0.25, -0.2) is 4.79 Å². The first kappa shape index (κ1) is 17.6. The number of carbonyl (C=O) groups excluding carboxylic acids is 2. The maximum atomic E-state index is 11.9. The summed E-state index contributed by atoms with van der Waals surface area (Å²) < 4.78 is 4.91. The molecule has 1 aromatic rings. The first-order chi connectivity index (χ1) is 10.3. The van der Waals surface area contributed by atoms with Gasteiger partial charge in [0.05, 0.1) is 11.6 Å². The minimum Gasteiger partial charge on any atom is -0.454 e. The normalized spacial score (nSPS) is 11.6. The summed E-state index contributed by atoms with van der Waals surface area (Å²) in [6.45, 7) is 5.11. The predicted molar refractivity (Wildman–Crippen MR) is 82.8 cm³/mol. The third-order valence-corrected chi connectivity index (χ3v) is 3.06. The van der Waals surface area contributed by atoms with Crippen molar-refractivity contribution in [2.45, 2.75) is 27.2 Å². The summed E-state index contributed by atoms with van der Waals surface area (Å²) in [5.41, 5.74) is 1.44. The number of hydrogen-bond donors (Lipinski definition) is 1. The molecule has 0 heterocycles. The van der Waals surface area contributed by atoms with Gasteiger partial charge in [-0.15, -0.1) is 0 Å². The number of hydrogen-bond acceptors (Lipinski definition) is 5. The first-order valence-corrected chi connectivity index (χ1v) is 7.08. The molecule has 1 rings (SSSR count). The molecule has 5 heteroatoms. The molecular formula is C17H20N2O3. The fraction of sp³-hybridized carbons (Fsp3) is 0.412. The van der Waals surface area contributed by atoms with Crippen LogP contribution in [-0.4, -0.2) is 24.1 Å². The van der Waals surface area contributed by atoms with Gasteiger partial charge in [0.1, 0.15) is 5.92 Å². The number of ether oxygens (including phenoxy) is 1. The summed E-state index contributed by atoms with van der Waals surface area (Å²) in [5, 5.41) is 16.1. The fourth-order valence-corrected chi connectivity index (χ4v) is 1.96. The molecule has 0 aromatic heterocycles. The standard InChI is InChI=1S/C17H20N2O3/c1-11(2)8-13-4-6-14(7-5-13)17(21)22-10-16(20)15(9-18)12(3)19/h4-7,11,15,19H,8,10H2,1-3H3/t15-/m0/s1. The Bertz CT molecular complexity index is 597. The number of benzene rings is 1. The Kier molecular flexibility index (Phi) is 6.46. The number of nitrogens with one attached hydrogen (secondary N) is 1. The summed E-state index contributed by atoms with van der Waals surface area (Å²) in [5.74, 6) is -1.81. The number of esters is 1. The van der Waals surface area contributed by atoms with Gasteiger partial charge in [-0.05, 0) is 37.0 Å². The van der Waals surface area contributed by atoms with Crippen molar-refractivity contribution in [1.29, 1.82) is 10.7 Å². The Hall–Kier alpha value is -2.48. The van der Waals surface area contributed by atoms with E-state index in [4.69, 9.17) is 15.4 Å². The topological polar surface area (TPSA) is 91.0 Å². The van der Waals surface area contributed by atoms with Gasteiger partial charge < -0.3 is 10.1 Å². The van der Waals surface area contributed by atoms with E-state index in [1.54, 1.807) is 18.2 Å². The monoisotopic (exact) mass is 300 g/mol. The van der Waals surface area contributed by atoms with E-state index in [9.17, 15) is 9.59 Å². The highest BCUT2D eigenvalue weighted by Gasteiger charge is 2.21. The molecule has 0 spiro atoms. The van der Waals surface area contributed by atoms with Crippen LogP contribution in [0.3, 0.4) is 0 Å². The number of nitriles is 1. The smallest absolute Gasteiger partial charge is 0.338 e. The summed E-state index contributed by atoms with van der Waals surface area (Å²) in [6.07, 6.45) is 0.927. The zero-order valence-corrected chi connectivity index (χ0v) is 13.1. The molecule has 0 aliphatic carbocycles. The van der Waals surface area contributed by atoms with Crippen molar-refractivity contribution in [2.24, 2.45) is 11.8 Å². The molecule has 0 amide bonds. The summed E-state index contributed by atoms with van der Waals surface area (Å²) in [4.78, 5) is 23.5. The number of rotatable bonds is 7. The van der Waals surface area contributed by atoms with E-state index in [0.29, 0.717) is 11.5 Å². The first-order valence-electron chi connectivity index (χ1n) is 7.08. The van der Waals surface area contributed by atoms with Gasteiger partial charge in [0.2, 0.25) is 0 Å². The molecule has 1 N–H and O–H groups in total. The molecule has 0 fully saturated rings. The van der Waals surface area contributed by atoms with Crippen molar-refractivity contribution < 1.29 is 14.3 Å². The number of Topliss-reactive ketones (excluding diaryl/α,β-unsaturated/α-hetero) is 1. The van der Waals surface area contributed by atoms with Gasteiger partial charge in [-0.1, -0.05) is 26.0 Å². The Morgan fingerprint density at radius 2 is 1.86 bits per heavy atom. The maximum Gasteiger partial charge on any atom is 0.338 e. The molecule has 5 nitrogen and oxygen atoms in total. The second-order valence-electron chi connectivity index (χ2n) is 5.58. The van der Waals surface area contributed by atoms with Crippen molar-refractivity contribution in [1.82, 2.24) is 0 Å². The summed E-state index contributed by atoms with van der Waals surface area (Å²) >= 11 is 0. The van der Waals surface area contributed by atoms with E-state index in [0.717, 1.165) is 12.0 Å². The van der Waals surface area contributed by atoms with E-state index in [2.05, 4.69) is 13.8 Å². The van der Waals surface area contributed by atoms with E-state index in [1.807, 2.05) is 12.1 Å². The molecule has 0 aliphatic rings. The average Bonchev–Trinajstić information content (AvgIpc) is 2.45. The van der Waals surface area contributed by atoms with Crippen LogP contribution < -0.4 is 0 Å². The minimum atomic E-state index is -1.15.